The fourth-order valence-electron chi connectivity index (χ4n) is 3.65. The standard InChI is InChI=1S/C22H31N5O2/c1-16-13-23-21(26-20(16)27(2)3)25-19-11-9-17(10-12-19)14-24-22(28)29-15-18-7-5-4-6-8-18/h4-8,13,17,19H,9-12,14-15H2,1-3H3,(H,24,28)(H,23,25,26). The van der Waals surface area contributed by atoms with Gasteiger partial charge in [0, 0.05) is 38.4 Å². The summed E-state index contributed by atoms with van der Waals surface area (Å²) in [4.78, 5) is 23.0. The Morgan fingerprint density at radius 1 is 1.17 bits per heavy atom. The van der Waals surface area contributed by atoms with Crippen molar-refractivity contribution < 1.29 is 9.53 Å². The highest BCUT2D eigenvalue weighted by Gasteiger charge is 2.22. The van der Waals surface area contributed by atoms with Gasteiger partial charge >= 0.3 is 6.09 Å². The molecular weight excluding hydrogens is 366 g/mol. The number of carbonyl (C=O) groups excluding carboxylic acids is 1. The highest BCUT2D eigenvalue weighted by molar-refractivity contribution is 5.67. The number of benzene rings is 1. The van der Waals surface area contributed by atoms with Crippen LogP contribution in [0, 0.1) is 12.8 Å². The number of rotatable bonds is 7. The molecule has 1 amide bonds. The Balaban J connectivity index is 1.37. The topological polar surface area (TPSA) is 79.4 Å². The minimum absolute atomic E-state index is 0.300. The Labute approximate surface area is 172 Å². The molecule has 1 aliphatic rings. The van der Waals surface area contributed by atoms with E-state index in [4.69, 9.17) is 4.74 Å². The molecule has 0 spiro atoms. The SMILES string of the molecule is Cc1cnc(NC2CCC(CNC(=O)OCc3ccccc3)CC2)nc1N(C)C. The van der Waals surface area contributed by atoms with Gasteiger partial charge in [-0.05, 0) is 44.1 Å². The van der Waals surface area contributed by atoms with Crippen LogP contribution in [-0.4, -0.2) is 42.7 Å². The Morgan fingerprint density at radius 2 is 1.90 bits per heavy atom. The third kappa shape index (κ3) is 6.34. The van der Waals surface area contributed by atoms with Gasteiger partial charge in [0.2, 0.25) is 5.95 Å². The molecule has 0 radical (unpaired) electrons. The van der Waals surface area contributed by atoms with Gasteiger partial charge in [0.05, 0.1) is 0 Å². The van der Waals surface area contributed by atoms with Crippen LogP contribution in [0.3, 0.4) is 0 Å². The number of alkyl carbamates (subject to hydrolysis) is 1. The zero-order chi connectivity index (χ0) is 20.6. The van der Waals surface area contributed by atoms with Crippen molar-refractivity contribution in [2.45, 2.75) is 45.3 Å². The molecule has 29 heavy (non-hydrogen) atoms. The molecule has 1 fully saturated rings. The van der Waals surface area contributed by atoms with Crippen LogP contribution in [0.5, 0.6) is 0 Å². The van der Waals surface area contributed by atoms with E-state index in [0.29, 0.717) is 31.1 Å². The quantitative estimate of drug-likeness (QED) is 0.741. The second-order valence-corrected chi connectivity index (χ2v) is 7.90. The summed E-state index contributed by atoms with van der Waals surface area (Å²) in [5.74, 6) is 2.10. The van der Waals surface area contributed by atoms with Crippen LogP contribution in [0.1, 0.15) is 36.8 Å². The summed E-state index contributed by atoms with van der Waals surface area (Å²) in [6.07, 6.45) is 5.71. The first-order valence-corrected chi connectivity index (χ1v) is 10.2. The first-order valence-electron chi connectivity index (χ1n) is 10.2. The fourth-order valence-corrected chi connectivity index (χ4v) is 3.65. The van der Waals surface area contributed by atoms with Crippen molar-refractivity contribution in [1.82, 2.24) is 15.3 Å². The van der Waals surface area contributed by atoms with Crippen LogP contribution >= 0.6 is 0 Å². The van der Waals surface area contributed by atoms with Crippen molar-refractivity contribution in [2.75, 3.05) is 30.9 Å². The smallest absolute Gasteiger partial charge is 0.407 e. The molecule has 1 aliphatic carbocycles. The zero-order valence-corrected chi connectivity index (χ0v) is 17.5. The average molecular weight is 398 g/mol. The summed E-state index contributed by atoms with van der Waals surface area (Å²) in [5, 5.41) is 6.37. The number of amides is 1. The van der Waals surface area contributed by atoms with Crippen molar-refractivity contribution in [1.29, 1.82) is 0 Å². The summed E-state index contributed by atoms with van der Waals surface area (Å²) >= 11 is 0. The van der Waals surface area contributed by atoms with E-state index < -0.39 is 0 Å². The summed E-state index contributed by atoms with van der Waals surface area (Å²) in [7, 11) is 3.98. The number of ether oxygens (including phenoxy) is 1. The van der Waals surface area contributed by atoms with Crippen LogP contribution in [0.4, 0.5) is 16.6 Å². The molecule has 1 heterocycles. The summed E-state index contributed by atoms with van der Waals surface area (Å²) in [5.41, 5.74) is 2.06. The number of aryl methyl sites for hydroxylation is 1. The number of aromatic nitrogens is 2. The van der Waals surface area contributed by atoms with Gasteiger partial charge in [0.15, 0.2) is 0 Å². The van der Waals surface area contributed by atoms with Crippen molar-refractivity contribution in [2.24, 2.45) is 5.92 Å². The van der Waals surface area contributed by atoms with Gasteiger partial charge in [0.25, 0.3) is 0 Å². The van der Waals surface area contributed by atoms with E-state index in [9.17, 15) is 4.79 Å². The molecule has 156 valence electrons. The molecule has 0 saturated heterocycles. The highest BCUT2D eigenvalue weighted by Crippen LogP contribution is 2.26. The van der Waals surface area contributed by atoms with Gasteiger partial charge in [0.1, 0.15) is 12.4 Å². The lowest BCUT2D eigenvalue weighted by molar-refractivity contribution is 0.136. The summed E-state index contributed by atoms with van der Waals surface area (Å²) < 4.78 is 5.28. The minimum atomic E-state index is -0.349. The van der Waals surface area contributed by atoms with Gasteiger partial charge in [-0.1, -0.05) is 30.3 Å². The molecule has 0 unspecified atom stereocenters. The second-order valence-electron chi connectivity index (χ2n) is 7.90. The number of hydrogen-bond acceptors (Lipinski definition) is 6. The molecule has 7 nitrogen and oxygen atoms in total. The van der Waals surface area contributed by atoms with E-state index in [2.05, 4.69) is 20.6 Å². The maximum atomic E-state index is 11.9. The molecule has 2 N–H and O–H groups in total. The highest BCUT2D eigenvalue weighted by atomic mass is 16.5. The molecule has 2 aromatic rings. The maximum Gasteiger partial charge on any atom is 0.407 e. The normalized spacial score (nSPS) is 18.7. The predicted octanol–water partition coefficient (Wildman–Crippen LogP) is 3.75. The molecule has 7 heteroatoms. The van der Waals surface area contributed by atoms with E-state index in [1.807, 2.05) is 62.4 Å². The monoisotopic (exact) mass is 397 g/mol. The van der Waals surface area contributed by atoms with Crippen LogP contribution in [-0.2, 0) is 11.3 Å². The van der Waals surface area contributed by atoms with E-state index in [1.165, 1.54) is 0 Å². The maximum absolute atomic E-state index is 11.9. The molecule has 3 rings (SSSR count). The lowest BCUT2D eigenvalue weighted by atomic mass is 9.86. The lowest BCUT2D eigenvalue weighted by Crippen LogP contribution is -2.34. The van der Waals surface area contributed by atoms with E-state index >= 15 is 0 Å². The molecule has 0 bridgehead atoms. The zero-order valence-electron chi connectivity index (χ0n) is 17.5. The van der Waals surface area contributed by atoms with Crippen LogP contribution in [0.25, 0.3) is 0 Å². The summed E-state index contributed by atoms with van der Waals surface area (Å²) in [6.45, 7) is 2.98. The number of carbonyl (C=O) groups is 1. The van der Waals surface area contributed by atoms with E-state index in [-0.39, 0.29) is 6.09 Å². The van der Waals surface area contributed by atoms with Crippen LogP contribution in [0.2, 0.25) is 0 Å². The number of nitrogens with zero attached hydrogens (tertiary/aromatic N) is 3. The van der Waals surface area contributed by atoms with Crippen LogP contribution < -0.4 is 15.5 Å². The van der Waals surface area contributed by atoms with E-state index in [0.717, 1.165) is 42.6 Å². The number of nitrogens with one attached hydrogen (secondary N) is 2. The molecular formula is C22H31N5O2. The third-order valence-electron chi connectivity index (χ3n) is 5.30. The van der Waals surface area contributed by atoms with E-state index in [1.54, 1.807) is 0 Å². The first-order chi connectivity index (χ1) is 14.0. The lowest BCUT2D eigenvalue weighted by Gasteiger charge is -2.29. The molecule has 1 aromatic heterocycles. The van der Waals surface area contributed by atoms with Crippen LogP contribution in [0.15, 0.2) is 36.5 Å². The van der Waals surface area contributed by atoms with Crippen molar-refractivity contribution in [3.05, 3.63) is 47.7 Å². The van der Waals surface area contributed by atoms with Crippen molar-refractivity contribution >= 4 is 17.9 Å². The summed E-state index contributed by atoms with van der Waals surface area (Å²) in [6, 6.07) is 10.1. The van der Waals surface area contributed by atoms with Gasteiger partial charge in [-0.25, -0.2) is 9.78 Å². The number of anilines is 2. The van der Waals surface area contributed by atoms with Gasteiger partial charge in [-0.15, -0.1) is 0 Å². The van der Waals surface area contributed by atoms with Gasteiger partial charge < -0.3 is 20.3 Å². The molecule has 0 atom stereocenters. The molecule has 0 aliphatic heterocycles. The Kier molecular flexibility index (Phi) is 7.27. The Bertz CT molecular complexity index is 789. The Morgan fingerprint density at radius 3 is 2.59 bits per heavy atom. The third-order valence-corrected chi connectivity index (χ3v) is 5.30. The molecule has 1 saturated carbocycles. The Hall–Kier alpha value is -2.83. The molecule has 1 aromatic carbocycles. The fraction of sp³-hybridized carbons (Fsp3) is 0.500. The van der Waals surface area contributed by atoms with Crippen molar-refractivity contribution in [3.63, 3.8) is 0 Å². The second kappa shape index (κ2) is 10.1. The largest absolute Gasteiger partial charge is 0.445 e. The van der Waals surface area contributed by atoms with Gasteiger partial charge in [-0.2, -0.15) is 4.98 Å². The predicted molar refractivity (Wildman–Crippen MR) is 115 cm³/mol. The van der Waals surface area contributed by atoms with Gasteiger partial charge in [-0.3, -0.25) is 0 Å². The van der Waals surface area contributed by atoms with Crippen molar-refractivity contribution in [3.8, 4) is 0 Å². The average Bonchev–Trinajstić information content (AvgIpc) is 2.73. The minimum Gasteiger partial charge on any atom is -0.445 e. The first kappa shape index (κ1) is 20.9. The number of hydrogen-bond donors (Lipinski definition) is 2.